The molecule has 1 saturated heterocycles. The van der Waals surface area contributed by atoms with Crippen LogP contribution in [0.25, 0.3) is 10.9 Å². The summed E-state index contributed by atoms with van der Waals surface area (Å²) in [5.74, 6) is 2.40. The number of furan rings is 1. The molecule has 0 radical (unpaired) electrons. The first-order valence-electron chi connectivity index (χ1n) is 9.11. The van der Waals surface area contributed by atoms with Gasteiger partial charge in [0.15, 0.2) is 5.76 Å². The van der Waals surface area contributed by atoms with Crippen molar-refractivity contribution in [2.45, 2.75) is 20.4 Å². The Morgan fingerprint density at radius 1 is 1.15 bits per heavy atom. The van der Waals surface area contributed by atoms with Crippen LogP contribution in [0.3, 0.4) is 0 Å². The van der Waals surface area contributed by atoms with Crippen molar-refractivity contribution in [3.05, 3.63) is 53.2 Å². The van der Waals surface area contributed by atoms with E-state index in [4.69, 9.17) is 10.2 Å². The van der Waals surface area contributed by atoms with Crippen LogP contribution in [-0.4, -0.2) is 51.9 Å². The second-order valence-electron chi connectivity index (χ2n) is 6.98. The lowest BCUT2D eigenvalue weighted by Gasteiger charge is -2.34. The van der Waals surface area contributed by atoms with E-state index in [0.29, 0.717) is 37.0 Å². The highest BCUT2D eigenvalue weighted by Gasteiger charge is 2.26. The molecule has 1 aliphatic heterocycles. The van der Waals surface area contributed by atoms with Crippen LogP contribution in [0.1, 0.15) is 27.7 Å². The number of carbonyl (C=O) groups is 1. The molecule has 1 amide bonds. The molecule has 1 fully saturated rings. The summed E-state index contributed by atoms with van der Waals surface area (Å²) in [6.07, 6.45) is 0. The first-order valence-corrected chi connectivity index (χ1v) is 9.11. The van der Waals surface area contributed by atoms with Crippen molar-refractivity contribution in [1.29, 1.82) is 0 Å². The number of hydrogen-bond donors (Lipinski definition) is 1. The number of amides is 1. The summed E-state index contributed by atoms with van der Waals surface area (Å²) >= 11 is 0. The summed E-state index contributed by atoms with van der Waals surface area (Å²) in [5, 5.41) is 0.876. The van der Waals surface area contributed by atoms with Crippen molar-refractivity contribution in [1.82, 2.24) is 19.8 Å². The molecular formula is C20H23N5O2. The van der Waals surface area contributed by atoms with Crippen LogP contribution in [0.4, 0.5) is 5.82 Å². The highest BCUT2D eigenvalue weighted by atomic mass is 16.4. The molecule has 7 heteroatoms. The molecule has 27 heavy (non-hydrogen) atoms. The fraction of sp³-hybridized carbons (Fsp3) is 0.350. The van der Waals surface area contributed by atoms with Gasteiger partial charge in [-0.2, -0.15) is 0 Å². The average Bonchev–Trinajstić information content (AvgIpc) is 3.00. The molecule has 7 nitrogen and oxygen atoms in total. The normalized spacial score (nSPS) is 15.4. The van der Waals surface area contributed by atoms with Crippen LogP contribution in [-0.2, 0) is 6.54 Å². The van der Waals surface area contributed by atoms with E-state index < -0.39 is 0 Å². The van der Waals surface area contributed by atoms with Crippen molar-refractivity contribution < 1.29 is 9.21 Å². The third-order valence-electron chi connectivity index (χ3n) is 4.94. The van der Waals surface area contributed by atoms with Crippen molar-refractivity contribution in [3.63, 3.8) is 0 Å². The average molecular weight is 365 g/mol. The van der Waals surface area contributed by atoms with Gasteiger partial charge >= 0.3 is 0 Å². The molecule has 2 aromatic heterocycles. The number of nitrogens with two attached hydrogens (primary N) is 1. The number of carbonyl (C=O) groups excluding carboxylic acids is 1. The van der Waals surface area contributed by atoms with Gasteiger partial charge in [-0.15, -0.1) is 0 Å². The number of fused-ring (bicyclic) bond motifs is 1. The molecule has 0 saturated carbocycles. The number of para-hydroxylation sites is 1. The molecule has 140 valence electrons. The molecule has 0 bridgehead atoms. The van der Waals surface area contributed by atoms with E-state index in [-0.39, 0.29) is 5.91 Å². The fourth-order valence-electron chi connectivity index (χ4n) is 3.53. The van der Waals surface area contributed by atoms with E-state index in [9.17, 15) is 4.79 Å². The monoisotopic (exact) mass is 365 g/mol. The zero-order valence-electron chi connectivity index (χ0n) is 15.6. The van der Waals surface area contributed by atoms with Crippen molar-refractivity contribution in [2.75, 3.05) is 31.9 Å². The lowest BCUT2D eigenvalue weighted by Crippen LogP contribution is -2.48. The lowest BCUT2D eigenvalue weighted by molar-refractivity contribution is 0.0593. The van der Waals surface area contributed by atoms with E-state index in [1.54, 1.807) is 0 Å². The van der Waals surface area contributed by atoms with E-state index >= 15 is 0 Å². The molecule has 3 aromatic rings. The first-order chi connectivity index (χ1) is 13.0. The van der Waals surface area contributed by atoms with Gasteiger partial charge < -0.3 is 15.1 Å². The van der Waals surface area contributed by atoms with E-state index in [1.165, 1.54) is 0 Å². The summed E-state index contributed by atoms with van der Waals surface area (Å²) in [6.45, 7) is 7.22. The smallest absolute Gasteiger partial charge is 0.289 e. The Hall–Kier alpha value is -2.93. The summed E-state index contributed by atoms with van der Waals surface area (Å²) in [5.41, 5.74) is 7.82. The van der Waals surface area contributed by atoms with Crippen molar-refractivity contribution in [2.24, 2.45) is 0 Å². The maximum absolute atomic E-state index is 12.7. The Morgan fingerprint density at radius 2 is 1.89 bits per heavy atom. The number of aromatic nitrogens is 2. The van der Waals surface area contributed by atoms with E-state index in [1.807, 2.05) is 49.1 Å². The number of benzene rings is 1. The molecule has 2 N–H and O–H groups in total. The zero-order chi connectivity index (χ0) is 19.0. The molecule has 0 aliphatic carbocycles. The van der Waals surface area contributed by atoms with Crippen LogP contribution >= 0.6 is 0 Å². The number of anilines is 1. The van der Waals surface area contributed by atoms with Gasteiger partial charge in [-0.3, -0.25) is 9.69 Å². The van der Waals surface area contributed by atoms with E-state index in [2.05, 4.69) is 14.9 Å². The molecule has 0 atom stereocenters. The largest absolute Gasteiger partial charge is 0.456 e. The number of piperazine rings is 1. The predicted molar refractivity (Wildman–Crippen MR) is 103 cm³/mol. The number of nitrogens with zero attached hydrogens (tertiary/aromatic N) is 4. The van der Waals surface area contributed by atoms with Gasteiger partial charge in [0.1, 0.15) is 17.4 Å². The predicted octanol–water partition coefficient (Wildman–Crippen LogP) is 2.38. The number of hydrogen-bond acceptors (Lipinski definition) is 6. The number of aryl methyl sites for hydroxylation is 2. The third-order valence-corrected chi connectivity index (χ3v) is 4.94. The second kappa shape index (κ2) is 7.00. The number of nitrogen functional groups attached to an aromatic ring is 1. The molecule has 0 spiro atoms. The quantitative estimate of drug-likeness (QED) is 0.767. The minimum absolute atomic E-state index is 0.0357. The van der Waals surface area contributed by atoms with Gasteiger partial charge in [-0.25, -0.2) is 9.97 Å². The van der Waals surface area contributed by atoms with E-state index in [0.717, 1.165) is 35.3 Å². The zero-order valence-corrected chi connectivity index (χ0v) is 15.6. The van der Waals surface area contributed by atoms with Crippen LogP contribution in [0.15, 0.2) is 34.7 Å². The Bertz CT molecular complexity index is 989. The molecule has 3 heterocycles. The SMILES string of the molecule is Cc1cc(C)c(C(=O)N2CCN(Cc3nc(N)c4ccccc4n3)CC2)o1. The van der Waals surface area contributed by atoms with Gasteiger partial charge in [-0.05, 0) is 32.0 Å². The molecule has 1 aromatic carbocycles. The summed E-state index contributed by atoms with van der Waals surface area (Å²) in [7, 11) is 0. The van der Waals surface area contributed by atoms with Gasteiger partial charge in [0.05, 0.1) is 12.1 Å². The Kier molecular flexibility index (Phi) is 4.53. The van der Waals surface area contributed by atoms with Crippen LogP contribution in [0.2, 0.25) is 0 Å². The van der Waals surface area contributed by atoms with Gasteiger partial charge in [0.25, 0.3) is 5.91 Å². The summed E-state index contributed by atoms with van der Waals surface area (Å²) in [4.78, 5) is 25.8. The van der Waals surface area contributed by atoms with Gasteiger partial charge in [0, 0.05) is 37.1 Å². The first kappa shape index (κ1) is 17.5. The van der Waals surface area contributed by atoms with Crippen molar-refractivity contribution in [3.8, 4) is 0 Å². The minimum atomic E-state index is -0.0357. The maximum atomic E-state index is 12.7. The summed E-state index contributed by atoms with van der Waals surface area (Å²) in [6, 6.07) is 9.64. The summed E-state index contributed by atoms with van der Waals surface area (Å²) < 4.78 is 5.57. The molecule has 0 unspecified atom stereocenters. The highest BCUT2D eigenvalue weighted by Crippen LogP contribution is 2.19. The molecule has 4 rings (SSSR count). The van der Waals surface area contributed by atoms with Crippen LogP contribution in [0, 0.1) is 13.8 Å². The molecule has 1 aliphatic rings. The Balaban J connectivity index is 1.41. The standard InChI is InChI=1S/C20H23N5O2/c1-13-11-14(2)27-18(13)20(26)25-9-7-24(8-10-25)12-17-22-16-6-4-3-5-15(16)19(21)23-17/h3-6,11H,7-10,12H2,1-2H3,(H2,21,22,23). The second-order valence-corrected chi connectivity index (χ2v) is 6.98. The maximum Gasteiger partial charge on any atom is 0.289 e. The Morgan fingerprint density at radius 3 is 2.59 bits per heavy atom. The highest BCUT2D eigenvalue weighted by molar-refractivity contribution is 5.93. The minimum Gasteiger partial charge on any atom is -0.456 e. The van der Waals surface area contributed by atoms with Crippen LogP contribution < -0.4 is 5.73 Å². The topological polar surface area (TPSA) is 88.5 Å². The fourth-order valence-corrected chi connectivity index (χ4v) is 3.53. The van der Waals surface area contributed by atoms with Gasteiger partial charge in [0.2, 0.25) is 0 Å². The van der Waals surface area contributed by atoms with Gasteiger partial charge in [-0.1, -0.05) is 12.1 Å². The Labute approximate surface area is 157 Å². The lowest BCUT2D eigenvalue weighted by atomic mass is 10.2. The molecular weight excluding hydrogens is 342 g/mol. The third kappa shape index (κ3) is 3.50. The van der Waals surface area contributed by atoms with Crippen molar-refractivity contribution >= 4 is 22.6 Å². The van der Waals surface area contributed by atoms with Crippen LogP contribution in [0.5, 0.6) is 0 Å². The number of rotatable bonds is 3.